The quantitative estimate of drug-likeness (QED) is 0.0833. The monoisotopic (exact) mass is 1400 g/mol. The number of carbonyl (C=O) groups excluding carboxylic acids is 1. The topological polar surface area (TPSA) is 93.1 Å². The highest BCUT2D eigenvalue weighted by molar-refractivity contribution is 6.30. The molecule has 2 fully saturated rings. The van der Waals surface area contributed by atoms with Crippen molar-refractivity contribution in [3.63, 3.8) is 0 Å². The Morgan fingerprint density at radius 1 is 0.430 bits per heavy atom. The molecule has 0 aliphatic heterocycles. The van der Waals surface area contributed by atoms with E-state index in [4.69, 9.17) is 26.6 Å². The molecule has 566 valence electrons. The second-order valence-corrected chi connectivity index (χ2v) is 32.2. The SMILES string of the molecule is CC(C)C(C)C.CC(C)C1CC1.CC(C)CC(C)C.CC(C)CC1CC1.CC(C)c1ccc(C(=O)O)cc1.CC(C)c1ccc(Cl)cc1.CC(C)c1ccc(F)cc1.CC(C)c1ccc(O)cc1.CCC(C)CC(C)C.COC(=O)c1ccc(C(C)C)cc1.COc1ccc(C(C)C)cc1. The molecule has 8 heteroatoms. The van der Waals surface area contributed by atoms with Gasteiger partial charge in [0.2, 0.25) is 0 Å². The maximum atomic E-state index is 12.4. The number of halogens is 2. The fourth-order valence-corrected chi connectivity index (χ4v) is 9.50. The molecule has 6 nitrogen and oxygen atoms in total. The van der Waals surface area contributed by atoms with Crippen LogP contribution in [-0.4, -0.2) is 36.4 Å². The molecular weight excluding hydrogens is 1260 g/mol. The van der Waals surface area contributed by atoms with Crippen LogP contribution in [0.25, 0.3) is 0 Å². The van der Waals surface area contributed by atoms with E-state index in [2.05, 4.69) is 223 Å². The van der Waals surface area contributed by atoms with E-state index in [1.54, 1.807) is 43.5 Å². The number of phenols is 1. The van der Waals surface area contributed by atoms with Gasteiger partial charge in [-0.25, -0.2) is 14.0 Å². The first-order valence-electron chi connectivity index (χ1n) is 38.1. The average molecular weight is 1400 g/mol. The van der Waals surface area contributed by atoms with E-state index in [9.17, 15) is 14.0 Å². The number of benzene rings is 6. The Kier molecular flexibility index (Phi) is 55.6. The molecule has 6 aromatic rings. The summed E-state index contributed by atoms with van der Waals surface area (Å²) in [6.07, 6.45) is 11.6. The zero-order valence-electron chi connectivity index (χ0n) is 69.0. The molecule has 0 heterocycles. The third kappa shape index (κ3) is 54.8. The van der Waals surface area contributed by atoms with Crippen molar-refractivity contribution < 1.29 is 33.7 Å². The van der Waals surface area contributed by atoms with Crippen molar-refractivity contribution in [2.75, 3.05) is 14.2 Å². The molecule has 1 atom stereocenters. The number of ether oxygens (including phenoxy) is 2. The standard InChI is InChI=1S/C11H14O2.C10H12O2.C10H14O.C9H11Cl.C9H11F.C9H12O.C8H18.C7H14.C7H16.C6H12.C6H14/c1-8(2)9-4-6-10(7-5-9)11(12)13-3;1-7(2)8-3-5-9(6-4-8)10(11)12;1-8(2)9-4-6-10(11-3)7-5-9;3*1-7(2)8-3-5-9(10)6-4-8;1-5-8(4)6-7(2)3;1-6(2)5-7-3-4-7;1-6(2)5-7(3)4;1-5(2)6-3-4-6;1-5(2)6(3)4/h4-8H,1-3H3;3-7H,1-2H3,(H,11,12);4-8H,1-3H3;2*3-7H,1-2H3;3-7,10H,1-2H3;7-8H,5-6H2,1-4H3;6-7H,3-5H2,1-2H3;6-7H,5H2,1-4H3;5-6H,3-4H2,1-2H3;5-6H,1-4H3. The molecule has 0 spiro atoms. The van der Waals surface area contributed by atoms with Gasteiger partial charge < -0.3 is 19.7 Å². The Hall–Kier alpha value is -5.92. The molecule has 8 rings (SSSR count). The van der Waals surface area contributed by atoms with E-state index >= 15 is 0 Å². The number of esters is 1. The van der Waals surface area contributed by atoms with E-state index in [1.807, 2.05) is 72.8 Å². The third-order valence-corrected chi connectivity index (χ3v) is 17.4. The van der Waals surface area contributed by atoms with E-state index in [0.717, 1.165) is 70.0 Å². The van der Waals surface area contributed by atoms with Crippen molar-refractivity contribution in [2.45, 2.75) is 281 Å². The van der Waals surface area contributed by atoms with Crippen molar-refractivity contribution in [3.05, 3.63) is 201 Å². The van der Waals surface area contributed by atoms with Crippen LogP contribution in [0.3, 0.4) is 0 Å². The van der Waals surface area contributed by atoms with Crippen LogP contribution in [-0.2, 0) is 4.74 Å². The van der Waals surface area contributed by atoms with Crippen molar-refractivity contribution in [1.29, 1.82) is 0 Å². The lowest BCUT2D eigenvalue weighted by atomic mass is 9.97. The molecule has 1 unspecified atom stereocenters. The van der Waals surface area contributed by atoms with Gasteiger partial charge in [-0.15, -0.1) is 0 Å². The highest BCUT2D eigenvalue weighted by Gasteiger charge is 2.24. The van der Waals surface area contributed by atoms with Crippen LogP contribution in [0.15, 0.2) is 146 Å². The molecular formula is C92H148ClFO6. The van der Waals surface area contributed by atoms with Crippen LogP contribution in [0.1, 0.15) is 335 Å². The summed E-state index contributed by atoms with van der Waals surface area (Å²) in [5, 5.41) is 18.4. The van der Waals surface area contributed by atoms with Crippen LogP contribution < -0.4 is 4.74 Å². The molecule has 2 N–H and O–H groups in total. The van der Waals surface area contributed by atoms with Crippen LogP contribution in [0, 0.1) is 65.0 Å². The first kappa shape index (κ1) is 98.3. The molecule has 0 radical (unpaired) electrons. The fraction of sp³-hybridized carbons (Fsp3) is 0.587. The first-order chi connectivity index (χ1) is 46.6. The number of carboxylic acid groups (broad SMARTS) is 1. The van der Waals surface area contributed by atoms with E-state index in [-0.39, 0.29) is 11.8 Å². The fourth-order valence-electron chi connectivity index (χ4n) is 9.37. The number of methoxy groups -OCH3 is 2. The van der Waals surface area contributed by atoms with Crippen molar-refractivity contribution >= 4 is 23.5 Å². The molecule has 0 amide bonds. The van der Waals surface area contributed by atoms with Gasteiger partial charge in [-0.05, 0) is 233 Å². The summed E-state index contributed by atoms with van der Waals surface area (Å²) in [6.45, 7) is 61.9. The molecule has 2 aliphatic carbocycles. The number of aromatic carboxylic acids is 1. The molecule has 100 heavy (non-hydrogen) atoms. The van der Waals surface area contributed by atoms with Gasteiger partial charge in [0.1, 0.15) is 17.3 Å². The van der Waals surface area contributed by atoms with Crippen LogP contribution in [0.4, 0.5) is 4.39 Å². The number of aromatic hydroxyl groups is 1. The lowest BCUT2D eigenvalue weighted by Gasteiger charge is -2.09. The van der Waals surface area contributed by atoms with Gasteiger partial charge in [0.05, 0.1) is 25.3 Å². The van der Waals surface area contributed by atoms with Crippen LogP contribution >= 0.6 is 11.6 Å². The zero-order valence-corrected chi connectivity index (χ0v) is 69.8. The van der Waals surface area contributed by atoms with Crippen molar-refractivity contribution in [3.8, 4) is 11.5 Å². The minimum Gasteiger partial charge on any atom is -0.508 e. The second-order valence-electron chi connectivity index (χ2n) is 31.7. The molecule has 0 saturated heterocycles. The number of phenolic OH excluding ortho intramolecular Hbond substituents is 1. The van der Waals surface area contributed by atoms with Gasteiger partial charge in [-0.3, -0.25) is 0 Å². The average Bonchev–Trinajstić information content (AvgIpc) is 1.33. The smallest absolute Gasteiger partial charge is 0.337 e. The van der Waals surface area contributed by atoms with Crippen molar-refractivity contribution in [1.82, 2.24) is 0 Å². The lowest BCUT2D eigenvalue weighted by molar-refractivity contribution is 0.0599. The Labute approximate surface area is 620 Å². The van der Waals surface area contributed by atoms with Crippen LogP contribution in [0.2, 0.25) is 5.02 Å². The van der Waals surface area contributed by atoms with E-state index in [0.29, 0.717) is 52.4 Å². The normalized spacial score (nSPS) is 12.2. The summed E-state index contributed by atoms with van der Waals surface area (Å²) in [4.78, 5) is 21.6. The van der Waals surface area contributed by atoms with Crippen LogP contribution in [0.5, 0.6) is 11.5 Å². The molecule has 0 aromatic heterocycles. The number of hydrogen-bond donors (Lipinski definition) is 2. The summed E-state index contributed by atoms with van der Waals surface area (Å²) in [5.41, 5.74) is 8.48. The highest BCUT2D eigenvalue weighted by Crippen LogP contribution is 2.36. The van der Waals surface area contributed by atoms with E-state index in [1.165, 1.54) is 104 Å². The maximum Gasteiger partial charge on any atom is 0.337 e. The summed E-state index contributed by atoms with van der Waals surface area (Å²) in [5.74, 6) is 12.5. The van der Waals surface area contributed by atoms with Gasteiger partial charge in [0, 0.05) is 5.02 Å². The molecule has 0 bridgehead atoms. The molecule has 6 aromatic carbocycles. The summed E-state index contributed by atoms with van der Waals surface area (Å²) in [7, 11) is 3.07. The van der Waals surface area contributed by atoms with Gasteiger partial charge in [0.25, 0.3) is 0 Å². The zero-order chi connectivity index (χ0) is 77.4. The van der Waals surface area contributed by atoms with Crippen molar-refractivity contribution in [2.24, 2.45) is 59.2 Å². The lowest BCUT2D eigenvalue weighted by Crippen LogP contribution is -2.01. The maximum absolute atomic E-state index is 12.4. The summed E-state index contributed by atoms with van der Waals surface area (Å²) < 4.78 is 22.0. The molecule has 2 saturated carbocycles. The summed E-state index contributed by atoms with van der Waals surface area (Å²) >= 11 is 5.72. The Morgan fingerprint density at radius 2 is 0.740 bits per heavy atom. The number of hydrogen-bond acceptors (Lipinski definition) is 5. The number of rotatable bonds is 18. The Balaban J connectivity index is -0.00000104. The summed E-state index contributed by atoms with van der Waals surface area (Å²) in [6, 6.07) is 44.6. The Bertz CT molecular complexity index is 2720. The predicted octanol–water partition coefficient (Wildman–Crippen LogP) is 29.4. The van der Waals surface area contributed by atoms with Gasteiger partial charge in [-0.1, -0.05) is 298 Å². The van der Waals surface area contributed by atoms with Gasteiger partial charge in [0.15, 0.2) is 0 Å². The number of carbonyl (C=O) groups is 2. The number of carboxylic acids is 1. The third-order valence-electron chi connectivity index (χ3n) is 17.2. The minimum atomic E-state index is -0.870. The van der Waals surface area contributed by atoms with E-state index < -0.39 is 5.97 Å². The predicted molar refractivity (Wildman–Crippen MR) is 437 cm³/mol. The first-order valence-corrected chi connectivity index (χ1v) is 38.4. The van der Waals surface area contributed by atoms with Gasteiger partial charge in [-0.2, -0.15) is 0 Å². The largest absolute Gasteiger partial charge is 0.508 e. The Morgan fingerprint density at radius 3 is 0.950 bits per heavy atom. The minimum absolute atomic E-state index is 0.163. The van der Waals surface area contributed by atoms with Gasteiger partial charge >= 0.3 is 11.9 Å². The second kappa shape index (κ2) is 56.6. The highest BCUT2D eigenvalue weighted by atomic mass is 35.5. The molecule has 2 aliphatic rings.